The lowest BCUT2D eigenvalue weighted by Crippen LogP contribution is -2.29. The van der Waals surface area contributed by atoms with Gasteiger partial charge in [0.05, 0.1) is 6.21 Å². The third-order valence-electron chi connectivity index (χ3n) is 4.97. The van der Waals surface area contributed by atoms with Gasteiger partial charge >= 0.3 is 0 Å². The summed E-state index contributed by atoms with van der Waals surface area (Å²) >= 11 is 5.36. The Balaban J connectivity index is 1.58. The average molecular weight is 378 g/mol. The molecular weight excluding hydrogens is 354 g/mol. The molecule has 1 fully saturated rings. The van der Waals surface area contributed by atoms with Crippen molar-refractivity contribution in [2.75, 3.05) is 18.0 Å². The number of aromatic nitrogens is 3. The highest BCUT2D eigenvalue weighted by Crippen LogP contribution is 2.22. The van der Waals surface area contributed by atoms with Crippen LogP contribution in [0, 0.1) is 11.7 Å². The van der Waals surface area contributed by atoms with Crippen LogP contribution in [0.25, 0.3) is 11.4 Å². The quantitative estimate of drug-likeness (QED) is 0.525. The highest BCUT2D eigenvalue weighted by molar-refractivity contribution is 7.71. The van der Waals surface area contributed by atoms with Gasteiger partial charge in [-0.2, -0.15) is 14.9 Å². The lowest BCUT2D eigenvalue weighted by molar-refractivity contribution is 0.578. The summed E-state index contributed by atoms with van der Waals surface area (Å²) in [7, 11) is 0. The summed E-state index contributed by atoms with van der Waals surface area (Å²) < 4.78 is 2.16. The van der Waals surface area contributed by atoms with Crippen molar-refractivity contribution in [1.29, 1.82) is 0 Å². The molecule has 0 bridgehead atoms. The Morgan fingerprint density at radius 1 is 1.04 bits per heavy atom. The SMILES string of the molecule is Cc1ccccc1-c1n[nH]c(=S)n1/N=C/c1ccc(N2CCCCC2)cc1. The summed E-state index contributed by atoms with van der Waals surface area (Å²) in [5.41, 5.74) is 4.47. The molecule has 27 heavy (non-hydrogen) atoms. The second-order valence-electron chi connectivity index (χ2n) is 6.86. The van der Waals surface area contributed by atoms with Crippen molar-refractivity contribution in [2.45, 2.75) is 26.2 Å². The first-order valence-corrected chi connectivity index (χ1v) is 9.76. The molecule has 0 spiro atoms. The molecule has 1 aliphatic rings. The zero-order valence-electron chi connectivity index (χ0n) is 15.4. The van der Waals surface area contributed by atoms with Gasteiger partial charge in [-0.1, -0.05) is 36.4 Å². The van der Waals surface area contributed by atoms with Crippen LogP contribution in [0.5, 0.6) is 0 Å². The Morgan fingerprint density at radius 2 is 1.78 bits per heavy atom. The Labute approximate surface area is 164 Å². The van der Waals surface area contributed by atoms with Gasteiger partial charge in [0.15, 0.2) is 5.82 Å². The number of nitrogens with zero attached hydrogens (tertiary/aromatic N) is 4. The first-order chi connectivity index (χ1) is 13.2. The summed E-state index contributed by atoms with van der Waals surface area (Å²) in [6, 6.07) is 16.6. The molecule has 0 saturated carbocycles. The van der Waals surface area contributed by atoms with E-state index in [0.717, 1.165) is 35.6 Å². The number of H-pyrrole nitrogens is 1. The Morgan fingerprint density at radius 3 is 2.52 bits per heavy atom. The predicted molar refractivity (Wildman–Crippen MR) is 113 cm³/mol. The number of rotatable bonds is 4. The van der Waals surface area contributed by atoms with Crippen molar-refractivity contribution in [3.05, 3.63) is 64.4 Å². The molecule has 138 valence electrons. The lowest BCUT2D eigenvalue weighted by Gasteiger charge is -2.28. The fourth-order valence-corrected chi connectivity index (χ4v) is 3.62. The van der Waals surface area contributed by atoms with E-state index in [4.69, 9.17) is 12.2 Å². The van der Waals surface area contributed by atoms with E-state index < -0.39 is 0 Å². The van der Waals surface area contributed by atoms with Crippen LogP contribution in [0.3, 0.4) is 0 Å². The number of hydrogen-bond donors (Lipinski definition) is 1. The molecule has 5 nitrogen and oxygen atoms in total. The van der Waals surface area contributed by atoms with Crippen molar-refractivity contribution < 1.29 is 0 Å². The van der Waals surface area contributed by atoms with Gasteiger partial charge < -0.3 is 4.90 Å². The maximum Gasteiger partial charge on any atom is 0.216 e. The van der Waals surface area contributed by atoms with Gasteiger partial charge in [0, 0.05) is 24.3 Å². The van der Waals surface area contributed by atoms with Gasteiger partial charge in [-0.15, -0.1) is 0 Å². The highest BCUT2D eigenvalue weighted by Gasteiger charge is 2.11. The van der Waals surface area contributed by atoms with Crippen molar-refractivity contribution in [2.24, 2.45) is 5.10 Å². The zero-order valence-corrected chi connectivity index (χ0v) is 16.2. The fourth-order valence-electron chi connectivity index (χ4n) is 3.44. The first-order valence-electron chi connectivity index (χ1n) is 9.35. The summed E-state index contributed by atoms with van der Waals surface area (Å²) in [6.45, 7) is 4.36. The molecule has 1 saturated heterocycles. The number of aryl methyl sites for hydroxylation is 1. The summed E-state index contributed by atoms with van der Waals surface area (Å²) in [4.78, 5) is 2.45. The van der Waals surface area contributed by atoms with Gasteiger partial charge in [-0.3, -0.25) is 0 Å². The average Bonchev–Trinajstić information content (AvgIpc) is 3.08. The van der Waals surface area contributed by atoms with Crippen LogP contribution in [0.1, 0.15) is 30.4 Å². The van der Waals surface area contributed by atoms with E-state index >= 15 is 0 Å². The molecule has 1 N–H and O–H groups in total. The van der Waals surface area contributed by atoms with Crippen LogP contribution < -0.4 is 4.90 Å². The molecule has 1 aromatic heterocycles. The van der Waals surface area contributed by atoms with Crippen LogP contribution in [-0.4, -0.2) is 34.2 Å². The fraction of sp³-hybridized carbons (Fsp3) is 0.286. The minimum absolute atomic E-state index is 0.481. The topological polar surface area (TPSA) is 49.2 Å². The third kappa shape index (κ3) is 3.85. The molecule has 0 aliphatic carbocycles. The molecule has 6 heteroatoms. The number of aromatic amines is 1. The first kappa shape index (κ1) is 17.7. The third-order valence-corrected chi connectivity index (χ3v) is 5.24. The van der Waals surface area contributed by atoms with Crippen LogP contribution >= 0.6 is 12.2 Å². The van der Waals surface area contributed by atoms with Gasteiger partial charge in [-0.05, 0) is 61.7 Å². The number of hydrogen-bond acceptors (Lipinski definition) is 4. The van der Waals surface area contributed by atoms with Gasteiger partial charge in [0.2, 0.25) is 4.77 Å². The normalized spacial score (nSPS) is 14.8. The number of anilines is 1. The predicted octanol–water partition coefficient (Wildman–Crippen LogP) is 4.79. The Hall–Kier alpha value is -2.73. The second kappa shape index (κ2) is 7.88. The maximum atomic E-state index is 5.36. The Bertz CT molecular complexity index is 994. The molecule has 1 aliphatic heterocycles. The summed E-state index contributed by atoms with van der Waals surface area (Å²) in [5.74, 6) is 0.722. The van der Waals surface area contributed by atoms with Crippen molar-refractivity contribution in [3.63, 3.8) is 0 Å². The van der Waals surface area contributed by atoms with Gasteiger partial charge in [0.1, 0.15) is 0 Å². The zero-order chi connectivity index (χ0) is 18.6. The summed E-state index contributed by atoms with van der Waals surface area (Å²) in [5, 5.41) is 11.8. The van der Waals surface area contributed by atoms with Crippen LogP contribution in [0.15, 0.2) is 53.6 Å². The highest BCUT2D eigenvalue weighted by atomic mass is 32.1. The van der Waals surface area contributed by atoms with E-state index in [9.17, 15) is 0 Å². The Kier molecular flexibility index (Phi) is 5.16. The molecule has 0 atom stereocenters. The molecule has 2 heterocycles. The molecule has 2 aromatic carbocycles. The molecule has 0 radical (unpaired) electrons. The smallest absolute Gasteiger partial charge is 0.216 e. The molecule has 4 rings (SSSR count). The molecular formula is C21H23N5S. The van der Waals surface area contributed by atoms with E-state index in [1.165, 1.54) is 24.9 Å². The molecule has 0 amide bonds. The van der Waals surface area contributed by atoms with E-state index in [2.05, 4.69) is 57.5 Å². The monoisotopic (exact) mass is 377 g/mol. The van der Waals surface area contributed by atoms with E-state index in [1.807, 2.05) is 24.4 Å². The number of benzene rings is 2. The van der Waals surface area contributed by atoms with Crippen LogP contribution in [0.4, 0.5) is 5.69 Å². The van der Waals surface area contributed by atoms with Crippen molar-refractivity contribution in [3.8, 4) is 11.4 Å². The number of nitrogens with one attached hydrogen (secondary N) is 1. The molecule has 0 unspecified atom stereocenters. The van der Waals surface area contributed by atoms with Crippen LogP contribution in [-0.2, 0) is 0 Å². The minimum Gasteiger partial charge on any atom is -0.372 e. The van der Waals surface area contributed by atoms with Gasteiger partial charge in [0.25, 0.3) is 0 Å². The summed E-state index contributed by atoms with van der Waals surface area (Å²) in [6.07, 6.45) is 5.73. The van der Waals surface area contributed by atoms with Gasteiger partial charge in [-0.25, -0.2) is 5.10 Å². The maximum absolute atomic E-state index is 5.36. The van der Waals surface area contributed by atoms with E-state index in [-0.39, 0.29) is 0 Å². The van der Waals surface area contributed by atoms with Crippen molar-refractivity contribution >= 4 is 24.1 Å². The number of piperidine rings is 1. The van der Waals surface area contributed by atoms with E-state index in [1.54, 1.807) is 4.68 Å². The second-order valence-corrected chi connectivity index (χ2v) is 7.25. The van der Waals surface area contributed by atoms with Crippen molar-refractivity contribution in [1.82, 2.24) is 14.9 Å². The molecule has 3 aromatic rings. The van der Waals surface area contributed by atoms with Crippen LogP contribution in [0.2, 0.25) is 0 Å². The van der Waals surface area contributed by atoms with E-state index in [0.29, 0.717) is 4.77 Å². The largest absolute Gasteiger partial charge is 0.372 e. The lowest BCUT2D eigenvalue weighted by atomic mass is 10.1. The minimum atomic E-state index is 0.481. The standard InChI is InChI=1S/C21H23N5S/c1-16-7-3-4-8-19(16)20-23-24-21(27)26(20)22-15-17-9-11-18(12-10-17)25-13-5-2-6-14-25/h3-4,7-12,15H,2,5-6,13-14H2,1H3,(H,24,27)/b22-15+.